The highest BCUT2D eigenvalue weighted by molar-refractivity contribution is 5.86. The molecule has 2 amide bonds. The number of urea groups is 1. The van der Waals surface area contributed by atoms with Crippen LogP contribution in [0.5, 0.6) is 0 Å². The fraction of sp³-hybridized carbons (Fsp3) is 0.833. The van der Waals surface area contributed by atoms with Crippen LogP contribution in [0.1, 0.15) is 19.3 Å². The van der Waals surface area contributed by atoms with E-state index in [1.807, 2.05) is 0 Å². The Bertz CT molecular complexity index is 348. The van der Waals surface area contributed by atoms with E-state index in [9.17, 15) is 14.7 Å². The fourth-order valence-electron chi connectivity index (χ4n) is 2.36. The number of ether oxygens (including phenoxy) is 2. The van der Waals surface area contributed by atoms with Gasteiger partial charge in [0.05, 0.1) is 12.7 Å². The van der Waals surface area contributed by atoms with Crippen molar-refractivity contribution >= 4 is 12.0 Å². The van der Waals surface area contributed by atoms with Crippen LogP contribution in [0.2, 0.25) is 0 Å². The normalized spacial score (nSPS) is 30.3. The van der Waals surface area contributed by atoms with Gasteiger partial charge in [-0.2, -0.15) is 0 Å². The summed E-state index contributed by atoms with van der Waals surface area (Å²) in [5.74, 6) is -1.05. The van der Waals surface area contributed by atoms with E-state index in [4.69, 9.17) is 9.47 Å². The number of carboxylic acid groups (broad SMARTS) is 1. The topological polar surface area (TPSA) is 88.1 Å². The minimum atomic E-state index is -1.29. The Balaban J connectivity index is 1.89. The van der Waals surface area contributed by atoms with Gasteiger partial charge in [-0.05, 0) is 12.8 Å². The third kappa shape index (κ3) is 3.16. The van der Waals surface area contributed by atoms with Crippen molar-refractivity contribution in [2.75, 3.05) is 33.4 Å². The number of likely N-dealkylation sites (N-methyl/N-ethyl adjacent to an activating group) is 1. The van der Waals surface area contributed by atoms with Crippen LogP contribution in [-0.2, 0) is 14.3 Å². The monoisotopic (exact) mass is 272 g/mol. The quantitative estimate of drug-likeness (QED) is 0.755. The summed E-state index contributed by atoms with van der Waals surface area (Å²) < 4.78 is 10.6. The highest BCUT2D eigenvalue weighted by Gasteiger charge is 2.44. The molecule has 0 aromatic carbocycles. The molecule has 0 bridgehead atoms. The molecule has 0 radical (unpaired) electrons. The number of hydrogen-bond donors (Lipinski definition) is 2. The van der Waals surface area contributed by atoms with Gasteiger partial charge in [-0.25, -0.2) is 9.59 Å². The Morgan fingerprint density at radius 2 is 2.26 bits per heavy atom. The molecule has 2 fully saturated rings. The largest absolute Gasteiger partial charge is 0.479 e. The summed E-state index contributed by atoms with van der Waals surface area (Å²) in [4.78, 5) is 24.8. The summed E-state index contributed by atoms with van der Waals surface area (Å²) in [6, 6.07) is -0.400. The van der Waals surface area contributed by atoms with Gasteiger partial charge in [-0.15, -0.1) is 0 Å². The molecule has 2 atom stereocenters. The molecular weight excluding hydrogens is 252 g/mol. The van der Waals surface area contributed by atoms with Gasteiger partial charge in [0.1, 0.15) is 0 Å². The molecule has 2 saturated heterocycles. The Hall–Kier alpha value is -1.34. The van der Waals surface area contributed by atoms with E-state index in [1.54, 1.807) is 7.05 Å². The molecule has 0 aromatic rings. The third-order valence-corrected chi connectivity index (χ3v) is 3.63. The number of carboxylic acids is 1. The molecule has 2 heterocycles. The Morgan fingerprint density at radius 1 is 1.47 bits per heavy atom. The molecule has 2 rings (SSSR count). The van der Waals surface area contributed by atoms with Gasteiger partial charge < -0.3 is 24.8 Å². The highest BCUT2D eigenvalue weighted by atomic mass is 16.5. The number of carbonyl (C=O) groups excluding carboxylic acids is 1. The molecule has 0 saturated carbocycles. The van der Waals surface area contributed by atoms with E-state index >= 15 is 0 Å². The molecule has 7 nitrogen and oxygen atoms in total. The van der Waals surface area contributed by atoms with E-state index in [-0.39, 0.29) is 12.7 Å². The van der Waals surface area contributed by atoms with Gasteiger partial charge in [0, 0.05) is 33.2 Å². The first kappa shape index (κ1) is 14.1. The lowest BCUT2D eigenvalue weighted by atomic mass is 9.99. The van der Waals surface area contributed by atoms with Crippen LogP contribution in [-0.4, -0.2) is 67.1 Å². The Labute approximate surface area is 111 Å². The summed E-state index contributed by atoms with van der Waals surface area (Å²) in [5.41, 5.74) is -1.29. The molecule has 2 aliphatic heterocycles. The standard InChI is InChI=1S/C12H20N2O5/c1-14(7-9-3-2-5-19-9)11(17)13-12(10(15)16)4-6-18-8-12/h9H,2-8H2,1H3,(H,13,17)(H,15,16). The lowest BCUT2D eigenvalue weighted by molar-refractivity contribution is -0.144. The predicted molar refractivity (Wildman–Crippen MR) is 65.9 cm³/mol. The zero-order valence-corrected chi connectivity index (χ0v) is 11.1. The highest BCUT2D eigenvalue weighted by Crippen LogP contribution is 2.19. The Morgan fingerprint density at radius 3 is 2.79 bits per heavy atom. The van der Waals surface area contributed by atoms with Crippen LogP contribution in [0.4, 0.5) is 4.79 Å². The van der Waals surface area contributed by atoms with Gasteiger partial charge >= 0.3 is 12.0 Å². The number of nitrogens with zero attached hydrogens (tertiary/aromatic N) is 1. The minimum absolute atomic E-state index is 0.0157. The second kappa shape index (κ2) is 5.75. The van der Waals surface area contributed by atoms with Gasteiger partial charge in [-0.3, -0.25) is 0 Å². The molecule has 2 unspecified atom stereocenters. The van der Waals surface area contributed by atoms with Crippen LogP contribution in [0.25, 0.3) is 0 Å². The van der Waals surface area contributed by atoms with Crippen molar-refractivity contribution in [2.24, 2.45) is 0 Å². The number of carbonyl (C=O) groups is 2. The van der Waals surface area contributed by atoms with Crippen LogP contribution in [0.15, 0.2) is 0 Å². The number of amides is 2. The number of hydrogen-bond acceptors (Lipinski definition) is 4. The molecule has 0 aromatic heterocycles. The van der Waals surface area contributed by atoms with Crippen molar-refractivity contribution in [3.63, 3.8) is 0 Å². The average Bonchev–Trinajstić information content (AvgIpc) is 3.00. The molecule has 19 heavy (non-hydrogen) atoms. The average molecular weight is 272 g/mol. The molecule has 2 aliphatic rings. The summed E-state index contributed by atoms with van der Waals surface area (Å²) in [6.07, 6.45) is 2.29. The van der Waals surface area contributed by atoms with Crippen LogP contribution < -0.4 is 5.32 Å². The number of rotatable bonds is 4. The summed E-state index contributed by atoms with van der Waals surface area (Å²) >= 11 is 0. The zero-order valence-electron chi connectivity index (χ0n) is 11.1. The SMILES string of the molecule is CN(CC1CCCO1)C(=O)NC1(C(=O)O)CCOC1. The third-order valence-electron chi connectivity index (χ3n) is 3.63. The van der Waals surface area contributed by atoms with E-state index in [1.165, 1.54) is 4.90 Å². The first-order valence-electron chi connectivity index (χ1n) is 6.49. The molecule has 108 valence electrons. The van der Waals surface area contributed by atoms with E-state index < -0.39 is 17.5 Å². The maximum absolute atomic E-state index is 12.0. The summed E-state index contributed by atoms with van der Waals surface area (Å²) in [6.45, 7) is 1.57. The lowest BCUT2D eigenvalue weighted by Gasteiger charge is -2.28. The number of nitrogens with one attached hydrogen (secondary N) is 1. The van der Waals surface area contributed by atoms with Crippen LogP contribution in [0.3, 0.4) is 0 Å². The first-order chi connectivity index (χ1) is 9.03. The summed E-state index contributed by atoms with van der Waals surface area (Å²) in [7, 11) is 1.64. The van der Waals surface area contributed by atoms with Crippen molar-refractivity contribution in [1.82, 2.24) is 10.2 Å². The smallest absolute Gasteiger partial charge is 0.332 e. The first-order valence-corrected chi connectivity index (χ1v) is 6.49. The second-order valence-corrected chi connectivity index (χ2v) is 5.14. The van der Waals surface area contributed by atoms with Crippen LogP contribution >= 0.6 is 0 Å². The van der Waals surface area contributed by atoms with Gasteiger partial charge in [0.15, 0.2) is 5.54 Å². The maximum Gasteiger partial charge on any atom is 0.332 e. The lowest BCUT2D eigenvalue weighted by Crippen LogP contribution is -2.58. The molecule has 0 spiro atoms. The predicted octanol–water partition coefficient (Wildman–Crippen LogP) is 0.0505. The van der Waals surface area contributed by atoms with Crippen molar-refractivity contribution < 1.29 is 24.2 Å². The zero-order chi connectivity index (χ0) is 13.9. The van der Waals surface area contributed by atoms with Crippen molar-refractivity contribution in [2.45, 2.75) is 30.9 Å². The van der Waals surface area contributed by atoms with E-state index in [2.05, 4.69) is 5.32 Å². The van der Waals surface area contributed by atoms with Crippen LogP contribution in [0, 0.1) is 0 Å². The van der Waals surface area contributed by atoms with Crippen molar-refractivity contribution in [3.05, 3.63) is 0 Å². The summed E-state index contributed by atoms with van der Waals surface area (Å²) in [5, 5.41) is 11.8. The van der Waals surface area contributed by atoms with E-state index in [0.717, 1.165) is 19.4 Å². The number of aliphatic carboxylic acids is 1. The van der Waals surface area contributed by atoms with Crippen molar-refractivity contribution in [3.8, 4) is 0 Å². The molecule has 7 heteroatoms. The Kier molecular flexibility index (Phi) is 4.26. The van der Waals surface area contributed by atoms with E-state index in [0.29, 0.717) is 19.6 Å². The van der Waals surface area contributed by atoms with Crippen molar-refractivity contribution in [1.29, 1.82) is 0 Å². The minimum Gasteiger partial charge on any atom is -0.479 e. The maximum atomic E-state index is 12.0. The fourth-order valence-corrected chi connectivity index (χ4v) is 2.36. The molecule has 0 aliphatic carbocycles. The van der Waals surface area contributed by atoms with Gasteiger partial charge in [-0.1, -0.05) is 0 Å². The second-order valence-electron chi connectivity index (χ2n) is 5.14. The van der Waals surface area contributed by atoms with Gasteiger partial charge in [0.25, 0.3) is 0 Å². The molecule has 2 N–H and O–H groups in total. The van der Waals surface area contributed by atoms with Gasteiger partial charge in [0.2, 0.25) is 0 Å². The molecular formula is C12H20N2O5.